The zero-order chi connectivity index (χ0) is 10.3. The molecule has 1 saturated heterocycles. The van der Waals surface area contributed by atoms with E-state index in [1.165, 1.54) is 12.1 Å². The summed E-state index contributed by atoms with van der Waals surface area (Å²) in [6.45, 7) is 1.74. The largest absolute Gasteiger partial charge is 0.448 e. The molecule has 0 bridgehead atoms. The Morgan fingerprint density at radius 2 is 1.87 bits per heavy atom. The topological polar surface area (TPSA) is 30.5 Å². The van der Waals surface area contributed by atoms with E-state index in [2.05, 4.69) is 5.32 Å². The Kier molecular flexibility index (Phi) is 1.85. The van der Waals surface area contributed by atoms with Gasteiger partial charge < -0.3 is 14.8 Å². The molecule has 0 atom stereocenters. The van der Waals surface area contributed by atoms with E-state index in [1.54, 1.807) is 6.07 Å². The molecule has 0 saturated carbocycles. The van der Waals surface area contributed by atoms with Crippen LogP contribution in [0.15, 0.2) is 18.2 Å². The van der Waals surface area contributed by atoms with E-state index in [9.17, 15) is 4.39 Å². The molecule has 4 heteroatoms. The molecule has 0 radical (unpaired) electrons. The summed E-state index contributed by atoms with van der Waals surface area (Å²) < 4.78 is 24.4. The number of fused-ring (bicyclic) bond motifs is 1. The quantitative estimate of drug-likeness (QED) is 0.705. The van der Waals surface area contributed by atoms with Gasteiger partial charge in [-0.1, -0.05) is 0 Å². The minimum absolute atomic E-state index is 0.289. The van der Waals surface area contributed by atoms with Gasteiger partial charge in [-0.05, 0) is 12.1 Å². The molecule has 1 aromatic rings. The predicted molar refractivity (Wildman–Crippen MR) is 52.5 cm³/mol. The summed E-state index contributed by atoms with van der Waals surface area (Å²) >= 11 is 0. The number of piperidine rings is 1. The summed E-state index contributed by atoms with van der Waals surface area (Å²) in [7, 11) is 0. The molecule has 0 amide bonds. The molecule has 3 rings (SSSR count). The molecule has 0 aromatic heterocycles. The zero-order valence-corrected chi connectivity index (χ0v) is 8.25. The summed E-state index contributed by atoms with van der Waals surface area (Å²) in [5.41, 5.74) is 0. The van der Waals surface area contributed by atoms with Gasteiger partial charge in [0.2, 0.25) is 0 Å². The second-order valence-electron chi connectivity index (χ2n) is 3.96. The molecule has 80 valence electrons. The monoisotopic (exact) mass is 209 g/mol. The third-order valence-corrected chi connectivity index (χ3v) is 2.86. The Bertz CT molecular complexity index is 388. The lowest BCUT2D eigenvalue weighted by Gasteiger charge is -2.31. The fourth-order valence-electron chi connectivity index (χ4n) is 2.08. The summed E-state index contributed by atoms with van der Waals surface area (Å²) in [4.78, 5) is 0. The van der Waals surface area contributed by atoms with Crippen molar-refractivity contribution in [3.8, 4) is 11.5 Å². The van der Waals surface area contributed by atoms with Gasteiger partial charge in [0.1, 0.15) is 5.82 Å². The maximum Gasteiger partial charge on any atom is 0.254 e. The van der Waals surface area contributed by atoms with Crippen LogP contribution in [0, 0.1) is 5.82 Å². The average Bonchev–Trinajstić information content (AvgIpc) is 2.56. The highest BCUT2D eigenvalue weighted by atomic mass is 19.1. The van der Waals surface area contributed by atoms with E-state index >= 15 is 0 Å². The van der Waals surface area contributed by atoms with E-state index in [-0.39, 0.29) is 5.82 Å². The highest BCUT2D eigenvalue weighted by Crippen LogP contribution is 2.42. The van der Waals surface area contributed by atoms with Gasteiger partial charge in [-0.3, -0.25) is 0 Å². The Morgan fingerprint density at radius 3 is 2.67 bits per heavy atom. The maximum absolute atomic E-state index is 13.0. The third kappa shape index (κ3) is 1.45. The van der Waals surface area contributed by atoms with Crippen LogP contribution in [-0.4, -0.2) is 18.9 Å². The summed E-state index contributed by atoms with van der Waals surface area (Å²) in [6, 6.07) is 4.40. The van der Waals surface area contributed by atoms with Gasteiger partial charge >= 0.3 is 0 Å². The first-order valence-electron chi connectivity index (χ1n) is 5.16. The third-order valence-electron chi connectivity index (χ3n) is 2.86. The molecule has 1 fully saturated rings. The maximum atomic E-state index is 13.0. The molecule has 15 heavy (non-hydrogen) atoms. The van der Waals surface area contributed by atoms with Crippen molar-refractivity contribution in [3.63, 3.8) is 0 Å². The van der Waals surface area contributed by atoms with Crippen molar-refractivity contribution in [2.75, 3.05) is 13.1 Å². The highest BCUT2D eigenvalue weighted by Gasteiger charge is 2.42. The number of nitrogens with one attached hydrogen (secondary N) is 1. The Labute approximate surface area is 87.2 Å². The first-order chi connectivity index (χ1) is 7.27. The predicted octanol–water partition coefficient (Wildman–Crippen LogP) is 1.68. The van der Waals surface area contributed by atoms with Crippen LogP contribution in [0.4, 0.5) is 4.39 Å². The lowest BCUT2D eigenvalue weighted by atomic mass is 10.1. The van der Waals surface area contributed by atoms with Gasteiger partial charge in [-0.2, -0.15) is 0 Å². The Balaban J connectivity index is 1.90. The standard InChI is InChI=1S/C11H12FNO2/c12-8-1-2-9-10(7-8)15-11(14-9)3-5-13-6-4-11/h1-2,7,13H,3-6H2. The number of benzene rings is 1. The smallest absolute Gasteiger partial charge is 0.254 e. The second kappa shape index (κ2) is 3.10. The van der Waals surface area contributed by atoms with Crippen LogP contribution >= 0.6 is 0 Å². The van der Waals surface area contributed by atoms with Crippen LogP contribution in [0.25, 0.3) is 0 Å². The second-order valence-corrected chi connectivity index (χ2v) is 3.96. The van der Waals surface area contributed by atoms with Crippen molar-refractivity contribution >= 4 is 0 Å². The van der Waals surface area contributed by atoms with Crippen LogP contribution < -0.4 is 14.8 Å². The summed E-state index contributed by atoms with van der Waals surface area (Å²) in [6.07, 6.45) is 1.59. The van der Waals surface area contributed by atoms with Crippen molar-refractivity contribution in [1.82, 2.24) is 5.32 Å². The molecule has 3 nitrogen and oxygen atoms in total. The fourth-order valence-corrected chi connectivity index (χ4v) is 2.08. The van der Waals surface area contributed by atoms with Gasteiger partial charge in [0.15, 0.2) is 11.5 Å². The highest BCUT2D eigenvalue weighted by molar-refractivity contribution is 5.43. The van der Waals surface area contributed by atoms with Crippen molar-refractivity contribution in [2.45, 2.75) is 18.6 Å². The lowest BCUT2D eigenvalue weighted by molar-refractivity contribution is -0.0999. The van der Waals surface area contributed by atoms with Crippen LogP contribution in [0.5, 0.6) is 11.5 Å². The van der Waals surface area contributed by atoms with E-state index in [0.29, 0.717) is 11.5 Å². The van der Waals surface area contributed by atoms with Gasteiger partial charge in [-0.25, -0.2) is 4.39 Å². The summed E-state index contributed by atoms with van der Waals surface area (Å²) in [5, 5.41) is 3.24. The molecule has 2 aliphatic heterocycles. The van der Waals surface area contributed by atoms with Crippen LogP contribution in [0.3, 0.4) is 0 Å². The molecule has 1 spiro atoms. The first kappa shape index (κ1) is 8.97. The van der Waals surface area contributed by atoms with Gasteiger partial charge in [0.05, 0.1) is 0 Å². The molecule has 2 heterocycles. The summed E-state index contributed by atoms with van der Waals surface area (Å²) in [5.74, 6) is 0.333. The number of hydrogen-bond acceptors (Lipinski definition) is 3. The van der Waals surface area contributed by atoms with E-state index in [0.717, 1.165) is 25.9 Å². The number of halogens is 1. The van der Waals surface area contributed by atoms with Crippen LogP contribution in [-0.2, 0) is 0 Å². The lowest BCUT2D eigenvalue weighted by Crippen LogP contribution is -2.48. The first-order valence-corrected chi connectivity index (χ1v) is 5.16. The minimum atomic E-state index is -0.554. The molecular formula is C11H12FNO2. The molecule has 1 aromatic carbocycles. The molecule has 0 aliphatic carbocycles. The van der Waals surface area contributed by atoms with E-state index in [1.807, 2.05) is 0 Å². The van der Waals surface area contributed by atoms with E-state index in [4.69, 9.17) is 9.47 Å². The zero-order valence-electron chi connectivity index (χ0n) is 8.25. The number of ether oxygens (including phenoxy) is 2. The van der Waals surface area contributed by atoms with Gasteiger partial charge in [0.25, 0.3) is 5.79 Å². The molecule has 1 N–H and O–H groups in total. The average molecular weight is 209 g/mol. The Morgan fingerprint density at radius 1 is 1.13 bits per heavy atom. The van der Waals surface area contributed by atoms with E-state index < -0.39 is 5.79 Å². The van der Waals surface area contributed by atoms with Crippen molar-refractivity contribution in [3.05, 3.63) is 24.0 Å². The van der Waals surface area contributed by atoms with Crippen molar-refractivity contribution in [1.29, 1.82) is 0 Å². The van der Waals surface area contributed by atoms with Gasteiger partial charge in [0, 0.05) is 32.0 Å². The minimum Gasteiger partial charge on any atom is -0.448 e. The fraction of sp³-hybridized carbons (Fsp3) is 0.455. The van der Waals surface area contributed by atoms with Crippen molar-refractivity contribution in [2.24, 2.45) is 0 Å². The van der Waals surface area contributed by atoms with Crippen molar-refractivity contribution < 1.29 is 13.9 Å². The molecule has 2 aliphatic rings. The van der Waals surface area contributed by atoms with Gasteiger partial charge in [-0.15, -0.1) is 0 Å². The number of hydrogen-bond donors (Lipinski definition) is 1. The Hall–Kier alpha value is -1.29. The SMILES string of the molecule is Fc1ccc2c(c1)OC1(CCNCC1)O2. The van der Waals surface area contributed by atoms with Crippen LogP contribution in [0.1, 0.15) is 12.8 Å². The van der Waals surface area contributed by atoms with Crippen LogP contribution in [0.2, 0.25) is 0 Å². The normalized spacial score (nSPS) is 21.9. The number of rotatable bonds is 0. The molecular weight excluding hydrogens is 197 g/mol. The molecule has 0 unspecified atom stereocenters.